The molecule has 0 radical (unpaired) electrons. The van der Waals surface area contributed by atoms with Gasteiger partial charge in [0.25, 0.3) is 0 Å². The second kappa shape index (κ2) is 19.5. The fraction of sp³-hybridized carbons (Fsp3) is 0.867. The maximum atomic E-state index is 10.9. The van der Waals surface area contributed by atoms with Gasteiger partial charge in [-0.05, 0) is 19.3 Å². The minimum Gasteiger partial charge on any atom is -0.466 e. The van der Waals surface area contributed by atoms with Crippen LogP contribution < -0.4 is 0 Å². The van der Waals surface area contributed by atoms with Crippen LogP contribution in [0.1, 0.15) is 58.8 Å². The molecule has 0 fully saturated rings. The maximum Gasteiger partial charge on any atom is 0.305 e. The van der Waals surface area contributed by atoms with E-state index in [1.165, 1.54) is 0 Å². The van der Waals surface area contributed by atoms with Crippen molar-refractivity contribution < 1.29 is 19.1 Å². The maximum absolute atomic E-state index is 10.9. The number of ether oxygens (including phenoxy) is 2. The fourth-order valence-electron chi connectivity index (χ4n) is 1.17. The summed E-state index contributed by atoms with van der Waals surface area (Å²) in [7, 11) is 0. The van der Waals surface area contributed by atoms with E-state index in [-0.39, 0.29) is 11.9 Å². The number of carbonyl (C=O) groups excluding carboxylic acids is 2. The third-order valence-corrected chi connectivity index (χ3v) is 2.89. The molecule has 0 atom stereocenters. The minimum absolute atomic E-state index is 0.0893. The lowest BCUT2D eigenvalue weighted by molar-refractivity contribution is -0.144. The molecule has 0 bridgehead atoms. The Labute approximate surface area is 138 Å². The largest absolute Gasteiger partial charge is 0.466 e. The summed E-state index contributed by atoms with van der Waals surface area (Å²) >= 11 is 10.8. The Bertz CT molecular complexity index is 236. The van der Waals surface area contributed by atoms with Crippen LogP contribution in [0.25, 0.3) is 0 Å². The molecule has 0 aromatic carbocycles. The number of unbranched alkanes of at least 4 members (excludes halogenated alkanes) is 2. The topological polar surface area (TPSA) is 52.6 Å². The first-order chi connectivity index (χ1) is 10.1. The Morgan fingerprint density at radius 2 is 1.33 bits per heavy atom. The van der Waals surface area contributed by atoms with Crippen LogP contribution in [0.4, 0.5) is 0 Å². The molecule has 0 saturated heterocycles. The number of rotatable bonds is 11. The Balaban J connectivity index is 0. The molecule has 0 unspecified atom stereocenters. The van der Waals surface area contributed by atoms with Gasteiger partial charge in [0.15, 0.2) is 0 Å². The summed E-state index contributed by atoms with van der Waals surface area (Å²) in [5.74, 6) is 0.868. The second-order valence-electron chi connectivity index (χ2n) is 4.34. The Morgan fingerprint density at radius 1 is 0.810 bits per heavy atom. The fourth-order valence-corrected chi connectivity index (χ4v) is 1.39. The normalized spacial score (nSPS) is 9.52. The molecular formula is C15H28Cl2O4. The summed E-state index contributed by atoms with van der Waals surface area (Å²) in [6.45, 7) is 4.80. The molecule has 6 heteroatoms. The number of esters is 2. The van der Waals surface area contributed by atoms with Crippen LogP contribution in [0.5, 0.6) is 0 Å². The van der Waals surface area contributed by atoms with Gasteiger partial charge in [0.05, 0.1) is 13.2 Å². The van der Waals surface area contributed by atoms with Crippen LogP contribution in [0.2, 0.25) is 0 Å². The summed E-state index contributed by atoms with van der Waals surface area (Å²) in [6.07, 6.45) is 5.67. The van der Waals surface area contributed by atoms with Gasteiger partial charge in [-0.15, -0.1) is 23.2 Å². The number of carbonyl (C=O) groups is 2. The molecule has 0 heterocycles. The first-order valence-corrected chi connectivity index (χ1v) is 8.62. The van der Waals surface area contributed by atoms with Crippen molar-refractivity contribution in [2.75, 3.05) is 25.0 Å². The molecule has 0 aliphatic rings. The zero-order chi connectivity index (χ0) is 16.3. The van der Waals surface area contributed by atoms with Crippen molar-refractivity contribution in [3.05, 3.63) is 0 Å². The van der Waals surface area contributed by atoms with E-state index in [1.807, 2.05) is 0 Å². The Hall–Kier alpha value is -0.480. The van der Waals surface area contributed by atoms with Crippen molar-refractivity contribution in [2.45, 2.75) is 58.8 Å². The van der Waals surface area contributed by atoms with E-state index in [0.717, 1.165) is 32.1 Å². The van der Waals surface area contributed by atoms with Gasteiger partial charge in [-0.3, -0.25) is 9.59 Å². The third kappa shape index (κ3) is 22.0. The SMILES string of the molecule is CCC(=O)OCCCCl.CCCCCC(=O)OCCCCl. The van der Waals surface area contributed by atoms with Crippen LogP contribution in [0, 0.1) is 0 Å². The van der Waals surface area contributed by atoms with Gasteiger partial charge in [-0.25, -0.2) is 0 Å². The van der Waals surface area contributed by atoms with Gasteiger partial charge in [0.1, 0.15) is 0 Å². The highest BCUT2D eigenvalue weighted by molar-refractivity contribution is 6.18. The van der Waals surface area contributed by atoms with E-state index >= 15 is 0 Å². The van der Waals surface area contributed by atoms with Crippen molar-refractivity contribution in [3.8, 4) is 0 Å². The highest BCUT2D eigenvalue weighted by atomic mass is 35.5. The van der Waals surface area contributed by atoms with E-state index in [9.17, 15) is 9.59 Å². The van der Waals surface area contributed by atoms with Gasteiger partial charge >= 0.3 is 11.9 Å². The number of hydrogen-bond donors (Lipinski definition) is 0. The molecule has 0 aromatic rings. The van der Waals surface area contributed by atoms with Crippen molar-refractivity contribution in [1.29, 1.82) is 0 Å². The van der Waals surface area contributed by atoms with Crippen LogP contribution in [-0.2, 0) is 19.1 Å². The summed E-state index contributed by atoms with van der Waals surface area (Å²) in [5.41, 5.74) is 0. The van der Waals surface area contributed by atoms with Crippen LogP contribution in [0.3, 0.4) is 0 Å². The standard InChI is InChI=1S/C9H17ClO2.C6H11ClO2/c1-2-3-4-6-9(11)12-8-5-7-10;1-2-6(8)9-5-3-4-7/h2-8H2,1H3;2-5H2,1H3. The predicted octanol–water partition coefficient (Wildman–Crippen LogP) is 4.31. The van der Waals surface area contributed by atoms with Crippen molar-refractivity contribution >= 4 is 35.1 Å². The molecule has 21 heavy (non-hydrogen) atoms. The molecule has 126 valence electrons. The quantitative estimate of drug-likeness (QED) is 0.319. The minimum atomic E-state index is -0.153. The van der Waals surface area contributed by atoms with Crippen molar-refractivity contribution in [3.63, 3.8) is 0 Å². The molecule has 0 N–H and O–H groups in total. The highest BCUT2D eigenvalue weighted by Gasteiger charge is 2.00. The van der Waals surface area contributed by atoms with Gasteiger partial charge in [-0.2, -0.15) is 0 Å². The Kier molecular flexibility index (Phi) is 21.2. The second-order valence-corrected chi connectivity index (χ2v) is 5.09. The van der Waals surface area contributed by atoms with Crippen molar-refractivity contribution in [2.24, 2.45) is 0 Å². The smallest absolute Gasteiger partial charge is 0.305 e. The molecule has 0 amide bonds. The zero-order valence-corrected chi connectivity index (χ0v) is 14.7. The Morgan fingerprint density at radius 3 is 1.76 bits per heavy atom. The molecule has 0 aliphatic heterocycles. The van der Waals surface area contributed by atoms with E-state index in [2.05, 4.69) is 6.92 Å². The molecular weight excluding hydrogens is 315 g/mol. The van der Waals surface area contributed by atoms with Gasteiger partial charge in [-0.1, -0.05) is 26.7 Å². The van der Waals surface area contributed by atoms with Crippen LogP contribution in [-0.4, -0.2) is 36.9 Å². The number of alkyl halides is 2. The van der Waals surface area contributed by atoms with E-state index in [4.69, 9.17) is 32.7 Å². The molecule has 0 rings (SSSR count). The van der Waals surface area contributed by atoms with Crippen molar-refractivity contribution in [1.82, 2.24) is 0 Å². The van der Waals surface area contributed by atoms with Crippen LogP contribution >= 0.6 is 23.2 Å². The van der Waals surface area contributed by atoms with E-state index in [1.54, 1.807) is 6.92 Å². The average Bonchev–Trinajstić information content (AvgIpc) is 2.48. The van der Waals surface area contributed by atoms with Crippen LogP contribution in [0.15, 0.2) is 0 Å². The van der Waals surface area contributed by atoms with E-state index < -0.39 is 0 Å². The number of halogens is 2. The first kappa shape index (κ1) is 22.8. The molecule has 0 spiro atoms. The highest BCUT2D eigenvalue weighted by Crippen LogP contribution is 2.00. The van der Waals surface area contributed by atoms with E-state index in [0.29, 0.717) is 37.8 Å². The zero-order valence-electron chi connectivity index (χ0n) is 13.2. The summed E-state index contributed by atoms with van der Waals surface area (Å²) in [6, 6.07) is 0. The summed E-state index contributed by atoms with van der Waals surface area (Å²) < 4.78 is 9.61. The van der Waals surface area contributed by atoms with Gasteiger partial charge in [0.2, 0.25) is 0 Å². The molecule has 0 aliphatic carbocycles. The average molecular weight is 343 g/mol. The monoisotopic (exact) mass is 342 g/mol. The molecule has 0 saturated carbocycles. The summed E-state index contributed by atoms with van der Waals surface area (Å²) in [5, 5.41) is 0. The number of hydrogen-bond acceptors (Lipinski definition) is 4. The van der Waals surface area contributed by atoms with Gasteiger partial charge < -0.3 is 9.47 Å². The molecule has 0 aromatic heterocycles. The molecule has 4 nitrogen and oxygen atoms in total. The third-order valence-electron chi connectivity index (χ3n) is 2.36. The first-order valence-electron chi connectivity index (χ1n) is 7.55. The lowest BCUT2D eigenvalue weighted by Gasteiger charge is -2.02. The lowest BCUT2D eigenvalue weighted by Crippen LogP contribution is -2.05. The summed E-state index contributed by atoms with van der Waals surface area (Å²) in [4.78, 5) is 21.3. The predicted molar refractivity (Wildman–Crippen MR) is 87.0 cm³/mol. The lowest BCUT2D eigenvalue weighted by atomic mass is 10.2. The van der Waals surface area contributed by atoms with Gasteiger partial charge in [0, 0.05) is 24.6 Å².